The maximum Gasteiger partial charge on any atom is 0.302 e. The van der Waals surface area contributed by atoms with Crippen LogP contribution < -0.4 is 0 Å². The van der Waals surface area contributed by atoms with Crippen molar-refractivity contribution in [1.29, 1.82) is 0 Å². The highest BCUT2D eigenvalue weighted by Crippen LogP contribution is 2.70. The first-order chi connectivity index (χ1) is 16.6. The van der Waals surface area contributed by atoms with Crippen molar-refractivity contribution in [2.75, 3.05) is 0 Å². The number of carbonyl (C=O) groups excluding carboxylic acids is 2. The predicted octanol–water partition coefficient (Wildman–Crippen LogP) is 4.67. The molecule has 11 atom stereocenters. The van der Waals surface area contributed by atoms with Crippen LogP contribution in [0.15, 0.2) is 0 Å². The van der Waals surface area contributed by atoms with Crippen LogP contribution in [0, 0.1) is 46.3 Å². The van der Waals surface area contributed by atoms with Crippen LogP contribution in [0.2, 0.25) is 0 Å². The van der Waals surface area contributed by atoms with Crippen LogP contribution in [0.1, 0.15) is 106 Å². The summed E-state index contributed by atoms with van der Waals surface area (Å²) in [6.07, 6.45) is 4.06. The fourth-order valence-corrected chi connectivity index (χ4v) is 9.37. The molecule has 0 radical (unpaired) electrons. The highest BCUT2D eigenvalue weighted by atomic mass is 16.5. The third-order valence-electron chi connectivity index (χ3n) is 12.0. The van der Waals surface area contributed by atoms with E-state index in [4.69, 9.17) is 4.74 Å². The van der Waals surface area contributed by atoms with E-state index in [9.17, 15) is 24.9 Å². The first kappa shape index (κ1) is 28.0. The molecule has 0 bridgehead atoms. The van der Waals surface area contributed by atoms with Gasteiger partial charge in [0, 0.05) is 25.2 Å². The van der Waals surface area contributed by atoms with E-state index >= 15 is 0 Å². The van der Waals surface area contributed by atoms with Crippen molar-refractivity contribution < 1.29 is 29.6 Å². The number of aliphatic hydroxyl groups is 3. The molecule has 0 aliphatic heterocycles. The van der Waals surface area contributed by atoms with Gasteiger partial charge in [0.1, 0.15) is 17.5 Å². The van der Waals surface area contributed by atoms with Crippen LogP contribution in [0.5, 0.6) is 0 Å². The zero-order valence-corrected chi connectivity index (χ0v) is 23.5. The Kier molecular flexibility index (Phi) is 7.27. The Labute approximate surface area is 217 Å². The normalized spacial score (nSPS) is 48.1. The van der Waals surface area contributed by atoms with Crippen LogP contribution in [-0.4, -0.2) is 50.5 Å². The summed E-state index contributed by atoms with van der Waals surface area (Å²) in [6, 6.07) is 0. The lowest BCUT2D eigenvalue weighted by Crippen LogP contribution is -2.78. The molecule has 0 aromatic heterocycles. The minimum atomic E-state index is -1.69. The Morgan fingerprint density at radius 3 is 2.33 bits per heavy atom. The average Bonchev–Trinajstić information content (AvgIpc) is 3.09. The number of carbonyl (C=O) groups is 2. The Morgan fingerprint density at radius 1 is 1.06 bits per heavy atom. The second-order valence-corrected chi connectivity index (χ2v) is 14.1. The maximum atomic E-state index is 13.8. The molecule has 6 heteroatoms. The molecule has 4 aliphatic carbocycles. The van der Waals surface area contributed by atoms with Gasteiger partial charge in [0.15, 0.2) is 0 Å². The molecular formula is C30H50O6. The number of hydrogen-bond donors (Lipinski definition) is 3. The molecule has 36 heavy (non-hydrogen) atoms. The molecule has 11 unspecified atom stereocenters. The number of ether oxygens (including phenoxy) is 1. The predicted molar refractivity (Wildman–Crippen MR) is 138 cm³/mol. The summed E-state index contributed by atoms with van der Waals surface area (Å²) >= 11 is 0. The van der Waals surface area contributed by atoms with Crippen molar-refractivity contribution >= 4 is 11.8 Å². The van der Waals surface area contributed by atoms with Gasteiger partial charge in [0.25, 0.3) is 0 Å². The van der Waals surface area contributed by atoms with Crippen molar-refractivity contribution in [1.82, 2.24) is 0 Å². The molecule has 0 saturated heterocycles. The third-order valence-corrected chi connectivity index (χ3v) is 12.0. The molecule has 0 aromatic carbocycles. The van der Waals surface area contributed by atoms with E-state index < -0.39 is 40.7 Å². The van der Waals surface area contributed by atoms with E-state index in [0.29, 0.717) is 42.9 Å². The Morgan fingerprint density at radius 2 is 1.72 bits per heavy atom. The molecule has 4 rings (SSSR count). The second-order valence-electron chi connectivity index (χ2n) is 14.1. The van der Waals surface area contributed by atoms with Gasteiger partial charge < -0.3 is 20.1 Å². The van der Waals surface area contributed by atoms with E-state index in [1.165, 1.54) is 13.3 Å². The molecule has 0 spiro atoms. The van der Waals surface area contributed by atoms with Gasteiger partial charge in [-0.25, -0.2) is 0 Å². The molecule has 3 N–H and O–H groups in total. The molecule has 4 saturated carbocycles. The van der Waals surface area contributed by atoms with Gasteiger partial charge in [-0.05, 0) is 67.1 Å². The van der Waals surface area contributed by atoms with Crippen LogP contribution >= 0.6 is 0 Å². The first-order valence-corrected chi connectivity index (χ1v) is 14.4. The number of rotatable bonds is 6. The maximum absolute atomic E-state index is 13.8. The summed E-state index contributed by atoms with van der Waals surface area (Å²) in [5.41, 5.74) is -4.47. The van der Waals surface area contributed by atoms with Gasteiger partial charge in [-0.3, -0.25) is 9.59 Å². The largest absolute Gasteiger partial charge is 0.462 e. The smallest absolute Gasteiger partial charge is 0.302 e. The molecule has 4 aliphatic rings. The van der Waals surface area contributed by atoms with Gasteiger partial charge in [0.05, 0.1) is 17.6 Å². The van der Waals surface area contributed by atoms with Crippen LogP contribution in [-0.2, 0) is 14.3 Å². The highest BCUT2D eigenvalue weighted by Gasteiger charge is 2.76. The Balaban J connectivity index is 1.62. The third kappa shape index (κ3) is 4.00. The molecule has 6 nitrogen and oxygen atoms in total. The van der Waals surface area contributed by atoms with Crippen molar-refractivity contribution in [2.24, 2.45) is 46.3 Å². The number of hydrogen-bond acceptors (Lipinski definition) is 6. The molecule has 206 valence electrons. The molecule has 0 heterocycles. The van der Waals surface area contributed by atoms with E-state index in [1.807, 2.05) is 6.92 Å². The first-order valence-electron chi connectivity index (χ1n) is 14.4. The van der Waals surface area contributed by atoms with Crippen molar-refractivity contribution in [2.45, 2.75) is 130 Å². The number of aliphatic hydroxyl groups excluding tert-OH is 1. The van der Waals surface area contributed by atoms with Crippen molar-refractivity contribution in [3.05, 3.63) is 0 Å². The quantitative estimate of drug-likeness (QED) is 0.453. The zero-order valence-electron chi connectivity index (χ0n) is 23.5. The number of ketones is 1. The number of fused-ring (bicyclic) bond motifs is 5. The van der Waals surface area contributed by atoms with E-state index in [0.717, 1.165) is 19.3 Å². The minimum Gasteiger partial charge on any atom is -0.462 e. The fourth-order valence-electron chi connectivity index (χ4n) is 9.37. The molecule has 0 amide bonds. The number of Topliss-reactive ketones (excluding diaryl/α,β-unsaturated/α-hetero) is 1. The van der Waals surface area contributed by atoms with Crippen molar-refractivity contribution in [3.63, 3.8) is 0 Å². The van der Waals surface area contributed by atoms with Gasteiger partial charge in [-0.1, -0.05) is 54.4 Å². The second kappa shape index (κ2) is 9.34. The van der Waals surface area contributed by atoms with E-state index in [-0.39, 0.29) is 30.0 Å². The van der Waals surface area contributed by atoms with E-state index in [2.05, 4.69) is 34.6 Å². The summed E-state index contributed by atoms with van der Waals surface area (Å²) in [4.78, 5) is 25.4. The summed E-state index contributed by atoms with van der Waals surface area (Å²) in [7, 11) is 0. The topological polar surface area (TPSA) is 104 Å². The summed E-state index contributed by atoms with van der Waals surface area (Å²) in [6.45, 7) is 14.6. The van der Waals surface area contributed by atoms with Gasteiger partial charge >= 0.3 is 5.97 Å². The van der Waals surface area contributed by atoms with Gasteiger partial charge in [-0.15, -0.1) is 0 Å². The van der Waals surface area contributed by atoms with Crippen LogP contribution in [0.4, 0.5) is 0 Å². The van der Waals surface area contributed by atoms with Gasteiger partial charge in [-0.2, -0.15) is 0 Å². The summed E-state index contributed by atoms with van der Waals surface area (Å²) in [5.74, 6) is 0.998. The molecular weight excluding hydrogens is 456 g/mol. The standard InChI is InChI=1S/C30H50O6/c1-17(2)18(3)8-9-19(4)22-10-11-23-26-24(32)15-29(34)14-21(36-20(5)31)12-13-28(29,7)30(26,35)25(33)16-27(22,23)6/h17-19,21-23,25-26,33-35H,8-16H2,1-7H3. The Hall–Kier alpha value is -0.980. The lowest BCUT2D eigenvalue weighted by atomic mass is 9.39. The molecule has 0 aromatic rings. The average molecular weight is 507 g/mol. The van der Waals surface area contributed by atoms with Crippen LogP contribution in [0.3, 0.4) is 0 Å². The highest BCUT2D eigenvalue weighted by molar-refractivity contribution is 5.86. The molecule has 4 fully saturated rings. The van der Waals surface area contributed by atoms with Gasteiger partial charge in [0.2, 0.25) is 0 Å². The Bertz CT molecular complexity index is 872. The summed E-state index contributed by atoms with van der Waals surface area (Å²) < 4.78 is 5.41. The lowest BCUT2D eigenvalue weighted by molar-refractivity contribution is -0.310. The van der Waals surface area contributed by atoms with E-state index in [1.54, 1.807) is 0 Å². The fraction of sp³-hybridized carbons (Fsp3) is 0.933. The lowest BCUT2D eigenvalue weighted by Gasteiger charge is -2.68. The zero-order chi connectivity index (χ0) is 26.8. The SMILES string of the molecule is CC(=O)OC1CCC2(C)C(O)(CC(=O)C3C4CCC(C(C)CCC(C)C(C)C)C4(C)CC(O)C32O)C1. The number of esters is 1. The minimum absolute atomic E-state index is 0.000871. The summed E-state index contributed by atoms with van der Waals surface area (Å²) in [5, 5.41) is 36.0. The monoisotopic (exact) mass is 506 g/mol. The van der Waals surface area contributed by atoms with Crippen LogP contribution in [0.25, 0.3) is 0 Å². The van der Waals surface area contributed by atoms with Crippen molar-refractivity contribution in [3.8, 4) is 0 Å².